The molecule has 0 unspecified atom stereocenters. The maximum Gasteiger partial charge on any atom is 0.360 e. The molecule has 1 aliphatic heterocycles. The van der Waals surface area contributed by atoms with E-state index in [9.17, 15) is 4.79 Å². The van der Waals surface area contributed by atoms with E-state index >= 15 is 0 Å². The summed E-state index contributed by atoms with van der Waals surface area (Å²) < 4.78 is 5.42. The van der Waals surface area contributed by atoms with Gasteiger partial charge in [-0.05, 0) is 42.5 Å². The van der Waals surface area contributed by atoms with Gasteiger partial charge in [0.15, 0.2) is 5.11 Å². The first-order chi connectivity index (χ1) is 17.2. The van der Waals surface area contributed by atoms with Gasteiger partial charge in [0, 0.05) is 54.1 Å². The van der Waals surface area contributed by atoms with Gasteiger partial charge in [-0.3, -0.25) is 9.89 Å². The molecule has 5 rings (SSSR count). The maximum atomic E-state index is 12.2. The summed E-state index contributed by atoms with van der Waals surface area (Å²) in [6.07, 6.45) is 3.29. The number of nitrogens with zero attached hydrogens (tertiary/aromatic N) is 7. The molecule has 3 heterocycles. The Morgan fingerprint density at radius 2 is 1.83 bits per heavy atom. The summed E-state index contributed by atoms with van der Waals surface area (Å²) in [6.45, 7) is 3.29. The van der Waals surface area contributed by atoms with Crippen molar-refractivity contribution in [3.05, 3.63) is 78.6 Å². The van der Waals surface area contributed by atoms with Crippen LogP contribution in [0.25, 0.3) is 11.3 Å². The van der Waals surface area contributed by atoms with E-state index < -0.39 is 5.91 Å². The zero-order chi connectivity index (χ0) is 23.9. The predicted octanol–water partition coefficient (Wildman–Crippen LogP) is 3.89. The van der Waals surface area contributed by atoms with Crippen LogP contribution < -0.4 is 15.1 Å². The van der Waals surface area contributed by atoms with Crippen molar-refractivity contribution in [2.24, 2.45) is 10.2 Å². The number of amides is 1. The summed E-state index contributed by atoms with van der Waals surface area (Å²) in [5.41, 5.74) is 4.01. The number of morpholine rings is 1. The lowest BCUT2D eigenvalue weighted by molar-refractivity contribution is 0.0992. The molecular formula is C24H22N9O2+. The third-order valence-corrected chi connectivity index (χ3v) is 5.35. The van der Waals surface area contributed by atoms with E-state index in [1.165, 1.54) is 0 Å². The Hall–Kier alpha value is -4.73. The second-order valence-corrected chi connectivity index (χ2v) is 7.64. The maximum absolute atomic E-state index is 12.2. The predicted molar refractivity (Wildman–Crippen MR) is 130 cm³/mol. The van der Waals surface area contributed by atoms with Crippen molar-refractivity contribution >= 4 is 29.0 Å². The Morgan fingerprint density at radius 1 is 1.03 bits per heavy atom. The number of hydrogen-bond donors (Lipinski definition) is 2. The molecule has 0 atom stereocenters. The third-order valence-electron chi connectivity index (χ3n) is 5.35. The van der Waals surface area contributed by atoms with Gasteiger partial charge >= 0.3 is 5.91 Å². The molecule has 0 bridgehead atoms. The van der Waals surface area contributed by atoms with Crippen LogP contribution in [0.1, 0.15) is 10.4 Å². The van der Waals surface area contributed by atoms with Crippen LogP contribution in [0.4, 0.5) is 23.1 Å². The number of H-pyrrole nitrogens is 1. The molecule has 2 aromatic carbocycles. The molecule has 0 spiro atoms. The minimum Gasteiger partial charge on any atom is -0.378 e. The lowest BCUT2D eigenvalue weighted by Gasteiger charge is -2.28. The average molecular weight is 469 g/mol. The fraction of sp³-hybridized carbons (Fsp3) is 0.167. The Morgan fingerprint density at radius 3 is 2.57 bits per heavy atom. The number of carbonyl (C=O) groups is 1. The second kappa shape index (κ2) is 10.5. The van der Waals surface area contributed by atoms with Gasteiger partial charge in [0.1, 0.15) is 0 Å². The molecule has 2 aromatic heterocycles. The molecule has 0 aliphatic carbocycles. The van der Waals surface area contributed by atoms with E-state index in [1.54, 1.807) is 42.7 Å². The van der Waals surface area contributed by atoms with Gasteiger partial charge in [0.05, 0.1) is 18.9 Å². The molecule has 174 valence electrons. The van der Waals surface area contributed by atoms with Crippen LogP contribution in [0.5, 0.6) is 0 Å². The highest BCUT2D eigenvalue weighted by molar-refractivity contribution is 5.94. The zero-order valence-electron chi connectivity index (χ0n) is 18.7. The van der Waals surface area contributed by atoms with Gasteiger partial charge in [-0.15, -0.1) is 5.10 Å². The van der Waals surface area contributed by atoms with Crippen LogP contribution >= 0.6 is 0 Å². The average Bonchev–Trinajstić information content (AvgIpc) is 3.43. The van der Waals surface area contributed by atoms with E-state index in [4.69, 9.17) is 4.74 Å². The van der Waals surface area contributed by atoms with Crippen LogP contribution in [0, 0.1) is 0 Å². The molecule has 1 fully saturated rings. The highest BCUT2D eigenvalue weighted by Crippen LogP contribution is 2.23. The normalized spacial score (nSPS) is 13.1. The lowest BCUT2D eigenvalue weighted by atomic mass is 10.1. The Labute approximate surface area is 200 Å². The topological polar surface area (TPSA) is 135 Å². The number of carbonyl (C=O) groups excluding carboxylic acids is 1. The van der Waals surface area contributed by atoms with Gasteiger partial charge in [-0.1, -0.05) is 12.1 Å². The highest BCUT2D eigenvalue weighted by atomic mass is 16.5. The summed E-state index contributed by atoms with van der Waals surface area (Å²) in [6, 6.07) is 18.5. The number of nitrogens with one attached hydrogen (secondary N) is 2. The van der Waals surface area contributed by atoms with E-state index in [0.717, 1.165) is 48.9 Å². The van der Waals surface area contributed by atoms with E-state index in [1.807, 2.05) is 18.2 Å². The second-order valence-electron chi connectivity index (χ2n) is 7.64. The number of hydrogen-bond acceptors (Lipinski definition) is 8. The van der Waals surface area contributed by atoms with Crippen molar-refractivity contribution in [1.82, 2.24) is 25.1 Å². The molecular weight excluding hydrogens is 446 g/mol. The zero-order valence-corrected chi connectivity index (χ0v) is 18.7. The summed E-state index contributed by atoms with van der Waals surface area (Å²) >= 11 is 0. The molecule has 11 heteroatoms. The van der Waals surface area contributed by atoms with Crippen molar-refractivity contribution in [2.45, 2.75) is 0 Å². The van der Waals surface area contributed by atoms with Crippen LogP contribution in [-0.4, -0.2) is 52.4 Å². The smallest absolute Gasteiger partial charge is 0.360 e. The molecule has 2 N–H and O–H groups in total. The van der Waals surface area contributed by atoms with Gasteiger partial charge in [0.2, 0.25) is 16.0 Å². The van der Waals surface area contributed by atoms with Gasteiger partial charge < -0.3 is 15.0 Å². The SMILES string of the molecule is O=C(N=[N+]=Nc1cc[nH]n1)c1ccc(-c2ccnc(Nc3ccc(N4CCOCC4)cc3)n2)cc1. The summed E-state index contributed by atoms with van der Waals surface area (Å²) in [4.78, 5) is 27.0. The fourth-order valence-corrected chi connectivity index (χ4v) is 3.54. The van der Waals surface area contributed by atoms with Crippen molar-refractivity contribution in [3.63, 3.8) is 0 Å². The molecule has 0 saturated carbocycles. The molecule has 4 aromatic rings. The quantitative estimate of drug-likeness (QED) is 0.324. The molecule has 11 nitrogen and oxygen atoms in total. The van der Waals surface area contributed by atoms with E-state index in [-0.39, 0.29) is 0 Å². The van der Waals surface area contributed by atoms with Crippen molar-refractivity contribution in [1.29, 1.82) is 0 Å². The number of ether oxygens (including phenoxy) is 1. The minimum absolute atomic E-state index is 0.345. The van der Waals surface area contributed by atoms with Crippen LogP contribution in [0.3, 0.4) is 0 Å². The first-order valence-electron chi connectivity index (χ1n) is 11.0. The Balaban J connectivity index is 1.24. The van der Waals surface area contributed by atoms with Crippen molar-refractivity contribution in [3.8, 4) is 11.3 Å². The first-order valence-corrected chi connectivity index (χ1v) is 11.0. The molecule has 0 radical (unpaired) electrons. The number of rotatable bonds is 6. The summed E-state index contributed by atoms with van der Waals surface area (Å²) in [5, 5.41) is 17.0. The third kappa shape index (κ3) is 5.61. The summed E-state index contributed by atoms with van der Waals surface area (Å²) in [5.74, 6) is 0.329. The Kier molecular flexibility index (Phi) is 6.60. The highest BCUT2D eigenvalue weighted by Gasteiger charge is 2.12. The van der Waals surface area contributed by atoms with Crippen LogP contribution in [0.15, 0.2) is 83.3 Å². The van der Waals surface area contributed by atoms with Gasteiger partial charge in [0.25, 0.3) is 5.82 Å². The molecule has 1 saturated heterocycles. The van der Waals surface area contributed by atoms with Crippen molar-refractivity contribution in [2.75, 3.05) is 36.5 Å². The largest absolute Gasteiger partial charge is 0.378 e. The van der Waals surface area contributed by atoms with E-state index in [2.05, 4.69) is 57.7 Å². The number of benzene rings is 2. The number of anilines is 3. The first kappa shape index (κ1) is 22.1. The van der Waals surface area contributed by atoms with Gasteiger partial charge in [-0.2, -0.15) is 0 Å². The molecule has 35 heavy (non-hydrogen) atoms. The monoisotopic (exact) mass is 468 g/mol. The van der Waals surface area contributed by atoms with Crippen LogP contribution in [0.2, 0.25) is 0 Å². The molecule has 1 aliphatic rings. The standard InChI is InChI=1S/C24H21N9O2/c34-23(31-32-30-22-10-12-26-29-22)18-3-1-17(2-4-18)21-9-11-25-24(28-21)27-19-5-7-20(8-6-19)33-13-15-35-16-14-33/h1-12H,13-16H2,(H,25,27,28)/p+1. The number of aromatic nitrogens is 4. The van der Waals surface area contributed by atoms with Crippen LogP contribution in [-0.2, 0) is 4.74 Å². The van der Waals surface area contributed by atoms with Crippen molar-refractivity contribution < 1.29 is 9.53 Å². The fourth-order valence-electron chi connectivity index (χ4n) is 3.54. The Bertz CT molecular complexity index is 1340. The number of aromatic amines is 1. The summed E-state index contributed by atoms with van der Waals surface area (Å²) in [7, 11) is 0. The lowest BCUT2D eigenvalue weighted by Crippen LogP contribution is -2.36. The van der Waals surface area contributed by atoms with Gasteiger partial charge in [-0.25, -0.2) is 9.97 Å². The van der Waals surface area contributed by atoms with E-state index in [0.29, 0.717) is 17.3 Å². The molecule has 1 amide bonds. The minimum atomic E-state index is -0.499.